The molecule has 11 heteroatoms. The molecular weight excluding hydrogens is 532 g/mol. The molecule has 3 aliphatic carbocycles. The van der Waals surface area contributed by atoms with Crippen LogP contribution in [-0.4, -0.2) is 76.8 Å². The van der Waals surface area contributed by atoms with Crippen molar-refractivity contribution in [3.63, 3.8) is 0 Å². The van der Waals surface area contributed by atoms with E-state index >= 15 is 0 Å². The third-order valence-electron chi connectivity index (χ3n) is 8.26. The average Bonchev–Trinajstić information content (AvgIpc) is 2.93. The zero-order chi connectivity index (χ0) is 29.8. The highest BCUT2D eigenvalue weighted by Crippen LogP contribution is 2.53. The molecule has 0 fully saturated rings. The van der Waals surface area contributed by atoms with E-state index in [1.807, 2.05) is 30.3 Å². The van der Waals surface area contributed by atoms with Crippen molar-refractivity contribution in [2.45, 2.75) is 31.1 Å². The molecule has 4 atom stereocenters. The Morgan fingerprint density at radius 3 is 2.46 bits per heavy atom. The van der Waals surface area contributed by atoms with Gasteiger partial charge in [0.25, 0.3) is 5.91 Å². The number of carbonyl (C=O) groups is 4. The predicted octanol–water partition coefficient (Wildman–Crippen LogP) is 1.82. The van der Waals surface area contributed by atoms with Gasteiger partial charge in [-0.3, -0.25) is 24.1 Å². The second-order valence-corrected chi connectivity index (χ2v) is 10.7. The molecule has 3 aliphatic rings. The number of carbonyl (C=O) groups excluding carboxylic acids is 4. The number of amides is 1. The van der Waals surface area contributed by atoms with E-state index in [0.717, 1.165) is 5.56 Å². The number of methoxy groups -OCH3 is 1. The highest BCUT2D eigenvalue weighted by Gasteiger charge is 2.63. The fourth-order valence-electron chi connectivity index (χ4n) is 6.45. The van der Waals surface area contributed by atoms with Gasteiger partial charge >= 0.3 is 0 Å². The van der Waals surface area contributed by atoms with Crippen LogP contribution in [0.2, 0.25) is 0 Å². The van der Waals surface area contributed by atoms with Crippen molar-refractivity contribution in [3.05, 3.63) is 81.3 Å². The van der Waals surface area contributed by atoms with Gasteiger partial charge in [0.1, 0.15) is 35.2 Å². The summed E-state index contributed by atoms with van der Waals surface area (Å²) in [5.41, 5.74) is 2.85. The number of hydrogen-bond donors (Lipinski definition) is 4. The Hall–Kier alpha value is -4.48. The molecule has 0 saturated carbocycles. The predicted molar refractivity (Wildman–Crippen MR) is 145 cm³/mol. The fraction of sp³-hybridized carbons (Fsp3) is 0.333. The lowest BCUT2D eigenvalue weighted by atomic mass is 9.58. The molecule has 2 aromatic carbocycles. The lowest BCUT2D eigenvalue weighted by molar-refractivity contribution is -0.148. The van der Waals surface area contributed by atoms with Crippen molar-refractivity contribution in [2.24, 2.45) is 17.6 Å². The van der Waals surface area contributed by atoms with Crippen LogP contribution in [0.1, 0.15) is 38.3 Å². The number of aliphatic hydroxyl groups excluding tert-OH is 2. The van der Waals surface area contributed by atoms with Crippen LogP contribution >= 0.6 is 0 Å². The molecule has 0 saturated heterocycles. The van der Waals surface area contributed by atoms with E-state index in [1.54, 1.807) is 14.1 Å². The van der Waals surface area contributed by atoms with Gasteiger partial charge in [0.05, 0.1) is 24.3 Å². The van der Waals surface area contributed by atoms with Crippen LogP contribution in [-0.2, 0) is 22.6 Å². The standard InChI is InChI=1S/C30H30N2O9/c1-32(2)23-18-10-15-9-17-19(40-3)11-16(12-33)26(41-13-14-7-5-4-6-8-14)21(17)24(34)20(15)27(36)30(18,39)28(37)22(25(23)35)29(31)38/h4-8,11-12,15,18,23,35-36,39H,9-10,13H2,1-3H3,(H2,31,38)/t15-,18-,23-,30-/m0/s1. The van der Waals surface area contributed by atoms with Gasteiger partial charge in [-0.2, -0.15) is 0 Å². The molecule has 0 bridgehead atoms. The molecule has 0 heterocycles. The molecule has 0 spiro atoms. The first kappa shape index (κ1) is 28.1. The SMILES string of the molecule is COc1cc(C=O)c(OCc2ccccc2)c2c1C[C@H]1C[C@H]3[C@H](N(C)C)C(O)=C(C(N)=O)C(=O)[C@@]3(O)C(O)=C1C2=O. The number of aliphatic hydroxyl groups is 3. The van der Waals surface area contributed by atoms with Crippen LogP contribution in [0.4, 0.5) is 0 Å². The fourth-order valence-corrected chi connectivity index (χ4v) is 6.45. The number of allylic oxidation sites excluding steroid dienone is 1. The Labute approximate surface area is 235 Å². The third-order valence-corrected chi connectivity index (χ3v) is 8.26. The van der Waals surface area contributed by atoms with Gasteiger partial charge in [0.15, 0.2) is 17.7 Å². The summed E-state index contributed by atoms with van der Waals surface area (Å²) in [4.78, 5) is 53.4. The van der Waals surface area contributed by atoms with Gasteiger partial charge in [0, 0.05) is 17.1 Å². The van der Waals surface area contributed by atoms with Crippen LogP contribution in [0.5, 0.6) is 11.5 Å². The molecule has 11 nitrogen and oxygen atoms in total. The molecular formula is C30H30N2O9. The number of likely N-dealkylation sites (N-methyl/N-ethyl adjacent to an activating group) is 1. The second kappa shape index (κ2) is 10.2. The van der Waals surface area contributed by atoms with E-state index in [1.165, 1.54) is 18.1 Å². The van der Waals surface area contributed by atoms with Crippen molar-refractivity contribution >= 4 is 23.8 Å². The van der Waals surface area contributed by atoms with Crippen molar-refractivity contribution in [1.82, 2.24) is 4.90 Å². The Bertz CT molecular complexity index is 1540. The number of hydrogen-bond acceptors (Lipinski definition) is 10. The molecule has 214 valence electrons. The summed E-state index contributed by atoms with van der Waals surface area (Å²) in [7, 11) is 4.55. The summed E-state index contributed by atoms with van der Waals surface area (Å²) in [6.07, 6.45) is 0.656. The molecule has 0 aromatic heterocycles. The summed E-state index contributed by atoms with van der Waals surface area (Å²) < 4.78 is 11.5. The maximum Gasteiger partial charge on any atom is 0.255 e. The van der Waals surface area contributed by atoms with Gasteiger partial charge in [-0.15, -0.1) is 0 Å². The summed E-state index contributed by atoms with van der Waals surface area (Å²) in [6.45, 7) is 0.0310. The summed E-state index contributed by atoms with van der Waals surface area (Å²) in [6, 6.07) is 9.51. The lowest BCUT2D eigenvalue weighted by Gasteiger charge is -2.50. The van der Waals surface area contributed by atoms with Gasteiger partial charge in [-0.1, -0.05) is 30.3 Å². The van der Waals surface area contributed by atoms with E-state index in [4.69, 9.17) is 15.2 Å². The maximum atomic E-state index is 14.2. The molecule has 41 heavy (non-hydrogen) atoms. The number of nitrogens with two attached hydrogens (primary N) is 1. The van der Waals surface area contributed by atoms with E-state index in [9.17, 15) is 34.5 Å². The molecule has 0 unspecified atom stereocenters. The molecule has 2 aromatic rings. The van der Waals surface area contributed by atoms with Gasteiger partial charge in [0.2, 0.25) is 5.78 Å². The number of ketones is 2. The molecule has 5 rings (SSSR count). The van der Waals surface area contributed by atoms with Crippen LogP contribution in [0, 0.1) is 11.8 Å². The molecule has 0 radical (unpaired) electrons. The minimum atomic E-state index is -2.71. The average molecular weight is 563 g/mol. The van der Waals surface area contributed by atoms with E-state index in [-0.39, 0.29) is 47.6 Å². The Kier molecular flexibility index (Phi) is 6.96. The first-order chi connectivity index (χ1) is 19.5. The topological polar surface area (TPSA) is 177 Å². The van der Waals surface area contributed by atoms with Gasteiger partial charge in [-0.25, -0.2) is 0 Å². The Balaban J connectivity index is 1.70. The van der Waals surface area contributed by atoms with E-state index < -0.39 is 58.0 Å². The zero-order valence-electron chi connectivity index (χ0n) is 22.7. The number of aldehydes is 1. The number of ether oxygens (including phenoxy) is 2. The number of Topliss-reactive ketones (excluding diaryl/α,β-unsaturated/α-hetero) is 2. The Morgan fingerprint density at radius 1 is 1.20 bits per heavy atom. The first-order valence-electron chi connectivity index (χ1n) is 13.0. The number of fused-ring (bicyclic) bond motifs is 3. The van der Waals surface area contributed by atoms with Gasteiger partial charge < -0.3 is 30.5 Å². The summed E-state index contributed by atoms with van der Waals surface area (Å²) >= 11 is 0. The quantitative estimate of drug-likeness (QED) is 0.288. The van der Waals surface area contributed by atoms with Crippen LogP contribution < -0.4 is 15.2 Å². The monoisotopic (exact) mass is 562 g/mol. The smallest absolute Gasteiger partial charge is 0.255 e. The second-order valence-electron chi connectivity index (χ2n) is 10.7. The number of nitrogens with zero attached hydrogens (tertiary/aromatic N) is 1. The zero-order valence-corrected chi connectivity index (χ0v) is 22.7. The van der Waals surface area contributed by atoms with Crippen molar-refractivity contribution in [1.29, 1.82) is 0 Å². The van der Waals surface area contributed by atoms with Crippen molar-refractivity contribution in [2.75, 3.05) is 21.2 Å². The summed E-state index contributed by atoms with van der Waals surface area (Å²) in [5, 5.41) is 34.2. The highest BCUT2D eigenvalue weighted by molar-refractivity contribution is 6.25. The number of primary amides is 1. The maximum absolute atomic E-state index is 14.2. The highest BCUT2D eigenvalue weighted by atomic mass is 16.5. The van der Waals surface area contributed by atoms with Crippen molar-refractivity contribution < 1.29 is 44.0 Å². The van der Waals surface area contributed by atoms with Crippen LogP contribution in [0.3, 0.4) is 0 Å². The largest absolute Gasteiger partial charge is 0.510 e. The van der Waals surface area contributed by atoms with Crippen LogP contribution in [0.15, 0.2) is 59.1 Å². The molecule has 5 N–H and O–H groups in total. The Morgan fingerprint density at radius 2 is 1.88 bits per heavy atom. The van der Waals surface area contributed by atoms with Gasteiger partial charge in [-0.05, 0) is 44.5 Å². The van der Waals surface area contributed by atoms with Crippen molar-refractivity contribution in [3.8, 4) is 11.5 Å². The third kappa shape index (κ3) is 4.11. The van der Waals surface area contributed by atoms with Crippen LogP contribution in [0.25, 0.3) is 0 Å². The minimum Gasteiger partial charge on any atom is -0.510 e. The minimum absolute atomic E-state index is 0.00937. The molecule has 0 aliphatic heterocycles. The number of benzene rings is 2. The first-order valence-corrected chi connectivity index (χ1v) is 13.0. The number of rotatable bonds is 7. The van der Waals surface area contributed by atoms with E-state index in [2.05, 4.69) is 0 Å². The lowest BCUT2D eigenvalue weighted by Crippen LogP contribution is -2.63. The molecule has 1 amide bonds. The van der Waals surface area contributed by atoms with E-state index in [0.29, 0.717) is 11.8 Å². The normalized spacial score (nSPS) is 25.4. The summed E-state index contributed by atoms with van der Waals surface area (Å²) in [5.74, 6) is -6.40.